The molecule has 0 aliphatic carbocycles. The van der Waals surface area contributed by atoms with Crippen LogP contribution in [0.3, 0.4) is 0 Å². The average Bonchev–Trinajstić information content (AvgIpc) is 3.13. The van der Waals surface area contributed by atoms with Crippen LogP contribution in [0.4, 0.5) is 5.95 Å². The second-order valence-corrected chi connectivity index (χ2v) is 6.03. The zero-order valence-corrected chi connectivity index (χ0v) is 15.6. The fourth-order valence-corrected chi connectivity index (χ4v) is 2.63. The van der Waals surface area contributed by atoms with Gasteiger partial charge in [-0.15, -0.1) is 6.58 Å². The van der Waals surface area contributed by atoms with Crippen molar-refractivity contribution in [1.29, 1.82) is 0 Å². The normalized spacial score (nSPS) is 10.4. The standard InChI is InChI=1S/C20H23N5O2/c1-4-11-25-20(22-23-24-25)21-13-16-9-10-18(19(12-16)26-3)27-14-17-8-6-5-7-15(17)2/h4-10,12H,1,11,13-14H2,2-3H3,(H,21,22,24). The van der Waals surface area contributed by atoms with Gasteiger partial charge in [0.1, 0.15) is 6.61 Å². The van der Waals surface area contributed by atoms with Gasteiger partial charge in [-0.05, 0) is 46.2 Å². The Labute approximate surface area is 158 Å². The third-order valence-corrected chi connectivity index (χ3v) is 4.16. The SMILES string of the molecule is C=CCn1nnnc1NCc1ccc(OCc2ccccc2C)c(OC)c1. The number of benzene rings is 2. The quantitative estimate of drug-likeness (QED) is 0.586. The minimum atomic E-state index is 0.497. The van der Waals surface area contributed by atoms with Gasteiger partial charge in [0.05, 0.1) is 13.7 Å². The van der Waals surface area contributed by atoms with Crippen molar-refractivity contribution in [3.05, 3.63) is 71.8 Å². The number of aromatic nitrogens is 4. The summed E-state index contributed by atoms with van der Waals surface area (Å²) in [5, 5.41) is 14.8. The fourth-order valence-electron chi connectivity index (χ4n) is 2.63. The number of rotatable bonds is 9. The molecule has 1 N–H and O–H groups in total. The van der Waals surface area contributed by atoms with Crippen LogP contribution in [0.5, 0.6) is 11.5 Å². The van der Waals surface area contributed by atoms with Crippen molar-refractivity contribution in [2.75, 3.05) is 12.4 Å². The van der Waals surface area contributed by atoms with Gasteiger partial charge in [-0.1, -0.05) is 41.5 Å². The molecule has 0 radical (unpaired) electrons. The number of nitrogens with zero attached hydrogens (tertiary/aromatic N) is 4. The van der Waals surface area contributed by atoms with E-state index in [-0.39, 0.29) is 0 Å². The molecule has 0 atom stereocenters. The zero-order chi connectivity index (χ0) is 19.1. The molecule has 7 nitrogen and oxygen atoms in total. The Kier molecular flexibility index (Phi) is 6.04. The predicted molar refractivity (Wildman–Crippen MR) is 104 cm³/mol. The number of methoxy groups -OCH3 is 1. The first-order chi connectivity index (χ1) is 13.2. The number of hydrogen-bond donors (Lipinski definition) is 1. The lowest BCUT2D eigenvalue weighted by Gasteiger charge is -2.13. The molecule has 0 unspecified atom stereocenters. The van der Waals surface area contributed by atoms with Crippen molar-refractivity contribution in [2.24, 2.45) is 0 Å². The lowest BCUT2D eigenvalue weighted by molar-refractivity contribution is 0.283. The van der Waals surface area contributed by atoms with E-state index in [9.17, 15) is 0 Å². The van der Waals surface area contributed by atoms with Crippen LogP contribution in [0.15, 0.2) is 55.1 Å². The van der Waals surface area contributed by atoms with E-state index in [1.165, 1.54) is 5.56 Å². The highest BCUT2D eigenvalue weighted by atomic mass is 16.5. The summed E-state index contributed by atoms with van der Waals surface area (Å²) in [6.45, 7) is 7.38. The fraction of sp³-hybridized carbons (Fsp3) is 0.250. The Morgan fingerprint density at radius 1 is 1.19 bits per heavy atom. The molecule has 27 heavy (non-hydrogen) atoms. The first-order valence-corrected chi connectivity index (χ1v) is 8.66. The van der Waals surface area contributed by atoms with Gasteiger partial charge in [0.25, 0.3) is 0 Å². The molecule has 0 bridgehead atoms. The van der Waals surface area contributed by atoms with Crippen molar-refractivity contribution >= 4 is 5.95 Å². The smallest absolute Gasteiger partial charge is 0.243 e. The molecular formula is C20H23N5O2. The van der Waals surface area contributed by atoms with E-state index >= 15 is 0 Å². The monoisotopic (exact) mass is 365 g/mol. The summed E-state index contributed by atoms with van der Waals surface area (Å²) in [4.78, 5) is 0. The number of hydrogen-bond acceptors (Lipinski definition) is 6. The predicted octanol–water partition coefficient (Wildman–Crippen LogP) is 3.37. The highest BCUT2D eigenvalue weighted by Crippen LogP contribution is 2.29. The maximum Gasteiger partial charge on any atom is 0.243 e. The molecular weight excluding hydrogens is 342 g/mol. The first kappa shape index (κ1) is 18.4. The Balaban J connectivity index is 1.66. The molecule has 0 saturated heterocycles. The van der Waals surface area contributed by atoms with Crippen LogP contribution in [0.1, 0.15) is 16.7 Å². The molecule has 2 aromatic carbocycles. The molecule has 140 valence electrons. The van der Waals surface area contributed by atoms with Crippen molar-refractivity contribution in [3.63, 3.8) is 0 Å². The minimum Gasteiger partial charge on any atom is -0.493 e. The molecule has 0 aliphatic heterocycles. The highest BCUT2D eigenvalue weighted by molar-refractivity contribution is 5.44. The summed E-state index contributed by atoms with van der Waals surface area (Å²) in [6, 6.07) is 14.0. The zero-order valence-electron chi connectivity index (χ0n) is 15.6. The van der Waals surface area contributed by atoms with Gasteiger partial charge in [-0.25, -0.2) is 4.68 Å². The van der Waals surface area contributed by atoms with E-state index in [0.29, 0.717) is 37.1 Å². The summed E-state index contributed by atoms with van der Waals surface area (Å²) in [6.07, 6.45) is 1.74. The number of tetrazole rings is 1. The summed E-state index contributed by atoms with van der Waals surface area (Å²) >= 11 is 0. The number of ether oxygens (including phenoxy) is 2. The van der Waals surface area contributed by atoms with E-state index in [4.69, 9.17) is 9.47 Å². The average molecular weight is 365 g/mol. The molecule has 0 amide bonds. The second kappa shape index (κ2) is 8.84. The van der Waals surface area contributed by atoms with Crippen molar-refractivity contribution in [2.45, 2.75) is 26.6 Å². The van der Waals surface area contributed by atoms with Crippen LogP contribution in [-0.2, 0) is 19.7 Å². The van der Waals surface area contributed by atoms with Crippen LogP contribution in [0.25, 0.3) is 0 Å². The Morgan fingerprint density at radius 2 is 2.04 bits per heavy atom. The van der Waals surface area contributed by atoms with E-state index in [2.05, 4.69) is 46.5 Å². The summed E-state index contributed by atoms with van der Waals surface area (Å²) in [5.74, 6) is 1.99. The van der Waals surface area contributed by atoms with Gasteiger partial charge in [0, 0.05) is 6.54 Å². The minimum absolute atomic E-state index is 0.497. The van der Waals surface area contributed by atoms with E-state index < -0.39 is 0 Å². The topological polar surface area (TPSA) is 74.1 Å². The molecule has 3 aromatic rings. The van der Waals surface area contributed by atoms with Crippen LogP contribution < -0.4 is 14.8 Å². The van der Waals surface area contributed by atoms with Crippen LogP contribution in [-0.4, -0.2) is 27.3 Å². The summed E-state index contributed by atoms with van der Waals surface area (Å²) < 4.78 is 13.1. The number of aryl methyl sites for hydroxylation is 1. The van der Waals surface area contributed by atoms with Gasteiger partial charge >= 0.3 is 0 Å². The Morgan fingerprint density at radius 3 is 2.81 bits per heavy atom. The largest absolute Gasteiger partial charge is 0.493 e. The molecule has 0 saturated carbocycles. The van der Waals surface area contributed by atoms with E-state index in [1.807, 2.05) is 30.3 Å². The number of anilines is 1. The highest BCUT2D eigenvalue weighted by Gasteiger charge is 2.09. The molecule has 1 aromatic heterocycles. The molecule has 3 rings (SSSR count). The van der Waals surface area contributed by atoms with Crippen molar-refractivity contribution < 1.29 is 9.47 Å². The number of allylic oxidation sites excluding steroid dienone is 1. The van der Waals surface area contributed by atoms with Crippen molar-refractivity contribution in [3.8, 4) is 11.5 Å². The van der Waals surface area contributed by atoms with Gasteiger partial charge in [0.15, 0.2) is 11.5 Å². The third kappa shape index (κ3) is 4.63. The molecule has 7 heteroatoms. The van der Waals surface area contributed by atoms with Gasteiger partial charge in [-0.2, -0.15) is 0 Å². The van der Waals surface area contributed by atoms with Crippen LogP contribution in [0.2, 0.25) is 0 Å². The lowest BCUT2D eigenvalue weighted by atomic mass is 10.1. The summed E-state index contributed by atoms with van der Waals surface area (Å²) in [7, 11) is 1.64. The Bertz CT molecular complexity index is 907. The van der Waals surface area contributed by atoms with Gasteiger partial charge in [0.2, 0.25) is 5.95 Å². The van der Waals surface area contributed by atoms with Crippen molar-refractivity contribution in [1.82, 2.24) is 20.2 Å². The van der Waals surface area contributed by atoms with Crippen LogP contribution in [0, 0.1) is 6.92 Å². The number of nitrogens with one attached hydrogen (secondary N) is 1. The van der Waals surface area contributed by atoms with Crippen LogP contribution >= 0.6 is 0 Å². The molecule has 0 fully saturated rings. The third-order valence-electron chi connectivity index (χ3n) is 4.16. The lowest BCUT2D eigenvalue weighted by Crippen LogP contribution is -2.08. The Hall–Kier alpha value is -3.35. The second-order valence-electron chi connectivity index (χ2n) is 6.03. The summed E-state index contributed by atoms with van der Waals surface area (Å²) in [5.41, 5.74) is 3.39. The van der Waals surface area contributed by atoms with E-state index in [0.717, 1.165) is 11.1 Å². The first-order valence-electron chi connectivity index (χ1n) is 8.66. The molecule has 1 heterocycles. The molecule has 0 aliphatic rings. The molecule has 0 spiro atoms. The van der Waals surface area contributed by atoms with E-state index in [1.54, 1.807) is 17.9 Å². The maximum atomic E-state index is 5.96. The van der Waals surface area contributed by atoms with Gasteiger partial charge < -0.3 is 14.8 Å². The van der Waals surface area contributed by atoms with Gasteiger partial charge in [-0.3, -0.25) is 0 Å². The maximum absolute atomic E-state index is 5.96.